The lowest BCUT2D eigenvalue weighted by molar-refractivity contribution is -0.366. The quantitative estimate of drug-likeness (QED) is 0.439. The molecule has 1 aliphatic heterocycles. The summed E-state index contributed by atoms with van der Waals surface area (Å²) in [7, 11) is 1.34. The SMILES string of the molecule is CO[C@@]1(c2ccc(C)c(Cc3ccc(-c4ccc(F)cc4)s3)c2)O[C@H](CO)[C@@H](O)[C@H](O)[C@@H]1O. The Balaban J connectivity index is 1.65. The van der Waals surface area contributed by atoms with Crippen LogP contribution in [0.15, 0.2) is 54.6 Å². The van der Waals surface area contributed by atoms with Crippen molar-refractivity contribution in [3.05, 3.63) is 82.0 Å². The first-order chi connectivity index (χ1) is 15.8. The predicted octanol–water partition coefficient (Wildman–Crippen LogP) is 2.73. The lowest BCUT2D eigenvalue weighted by atomic mass is 9.86. The van der Waals surface area contributed by atoms with Crippen molar-refractivity contribution >= 4 is 11.3 Å². The maximum absolute atomic E-state index is 13.2. The maximum atomic E-state index is 13.2. The number of ether oxygens (including phenoxy) is 2. The van der Waals surface area contributed by atoms with Gasteiger partial charge in [-0.2, -0.15) is 0 Å². The molecule has 0 spiro atoms. The van der Waals surface area contributed by atoms with Crippen LogP contribution < -0.4 is 0 Å². The molecule has 176 valence electrons. The average Bonchev–Trinajstić information content (AvgIpc) is 3.29. The molecule has 0 radical (unpaired) electrons. The van der Waals surface area contributed by atoms with Crippen LogP contribution in [0, 0.1) is 12.7 Å². The van der Waals surface area contributed by atoms with Gasteiger partial charge in [-0.3, -0.25) is 0 Å². The zero-order valence-corrected chi connectivity index (χ0v) is 19.1. The molecule has 4 rings (SSSR count). The van der Waals surface area contributed by atoms with Crippen molar-refractivity contribution in [2.24, 2.45) is 0 Å². The highest BCUT2D eigenvalue weighted by atomic mass is 32.1. The van der Waals surface area contributed by atoms with E-state index in [1.54, 1.807) is 29.5 Å². The van der Waals surface area contributed by atoms with Crippen LogP contribution in [0.5, 0.6) is 0 Å². The number of hydrogen-bond acceptors (Lipinski definition) is 7. The van der Waals surface area contributed by atoms with Gasteiger partial charge in [0.05, 0.1) is 6.61 Å². The molecule has 0 aliphatic carbocycles. The first-order valence-electron chi connectivity index (χ1n) is 10.6. The number of halogens is 1. The third-order valence-corrected chi connectivity index (χ3v) is 7.29. The Kier molecular flexibility index (Phi) is 6.97. The molecule has 0 bridgehead atoms. The van der Waals surface area contributed by atoms with Gasteiger partial charge < -0.3 is 29.9 Å². The second kappa shape index (κ2) is 9.60. The molecular formula is C25H27FO6S. The van der Waals surface area contributed by atoms with Crippen molar-refractivity contribution in [1.82, 2.24) is 0 Å². The van der Waals surface area contributed by atoms with Crippen molar-refractivity contribution in [2.45, 2.75) is 43.5 Å². The Labute approximate surface area is 195 Å². The van der Waals surface area contributed by atoms with Crippen LogP contribution >= 0.6 is 11.3 Å². The number of benzene rings is 2. The maximum Gasteiger partial charge on any atom is 0.224 e. The van der Waals surface area contributed by atoms with Crippen molar-refractivity contribution in [2.75, 3.05) is 13.7 Å². The molecule has 2 aromatic carbocycles. The van der Waals surface area contributed by atoms with E-state index in [9.17, 15) is 24.8 Å². The summed E-state index contributed by atoms with van der Waals surface area (Å²) in [5.74, 6) is -2.02. The topological polar surface area (TPSA) is 99.4 Å². The fourth-order valence-corrected chi connectivity index (χ4v) is 5.21. The molecule has 0 saturated carbocycles. The zero-order chi connectivity index (χ0) is 23.8. The van der Waals surface area contributed by atoms with Crippen LogP contribution in [0.3, 0.4) is 0 Å². The van der Waals surface area contributed by atoms with Gasteiger partial charge in [-0.05, 0) is 53.9 Å². The van der Waals surface area contributed by atoms with Crippen molar-refractivity contribution in [1.29, 1.82) is 0 Å². The highest BCUT2D eigenvalue weighted by molar-refractivity contribution is 7.15. The second-order valence-electron chi connectivity index (χ2n) is 8.23. The molecular weight excluding hydrogens is 447 g/mol. The van der Waals surface area contributed by atoms with Crippen LogP contribution in [0.25, 0.3) is 10.4 Å². The van der Waals surface area contributed by atoms with E-state index in [1.165, 1.54) is 19.2 Å². The van der Waals surface area contributed by atoms with Gasteiger partial charge in [0.1, 0.15) is 30.2 Å². The van der Waals surface area contributed by atoms with Crippen molar-refractivity contribution in [3.63, 3.8) is 0 Å². The van der Waals surface area contributed by atoms with E-state index in [4.69, 9.17) is 9.47 Å². The summed E-state index contributed by atoms with van der Waals surface area (Å²) in [6.07, 6.45) is -5.09. The van der Waals surface area contributed by atoms with Gasteiger partial charge in [0.2, 0.25) is 5.79 Å². The number of thiophene rings is 1. The molecule has 6 nitrogen and oxygen atoms in total. The van der Waals surface area contributed by atoms with E-state index in [1.807, 2.05) is 31.2 Å². The fraction of sp³-hybridized carbons (Fsp3) is 0.360. The minimum atomic E-state index is -1.75. The molecule has 4 N–H and O–H groups in total. The van der Waals surface area contributed by atoms with Crippen LogP contribution in [0.4, 0.5) is 4.39 Å². The zero-order valence-electron chi connectivity index (χ0n) is 18.3. The van der Waals surface area contributed by atoms with Crippen molar-refractivity contribution in [3.8, 4) is 10.4 Å². The Morgan fingerprint density at radius 1 is 1.03 bits per heavy atom. The van der Waals surface area contributed by atoms with Gasteiger partial charge in [0.15, 0.2) is 0 Å². The standard InChI is InChI=1S/C25H27FO6S/c1-14-3-6-17(25(31-2)24(30)23(29)22(28)20(13-27)32-25)11-16(14)12-19-9-10-21(33-19)15-4-7-18(26)8-5-15/h3-11,20,22-24,27-30H,12-13H2,1-2H3/t20-,22-,23+,24+,25+/m1/s1. The summed E-state index contributed by atoms with van der Waals surface area (Å²) >= 11 is 1.61. The Bertz CT molecular complexity index is 1100. The van der Waals surface area contributed by atoms with E-state index in [-0.39, 0.29) is 5.82 Å². The molecule has 1 aliphatic rings. The summed E-state index contributed by atoms with van der Waals surface area (Å²) in [5.41, 5.74) is 3.40. The molecule has 5 atom stereocenters. The lowest BCUT2D eigenvalue weighted by Crippen LogP contribution is -2.64. The molecule has 0 unspecified atom stereocenters. The number of aliphatic hydroxyl groups excluding tert-OH is 4. The first-order valence-corrected chi connectivity index (χ1v) is 11.4. The van der Waals surface area contributed by atoms with Crippen LogP contribution in [-0.4, -0.2) is 58.6 Å². The summed E-state index contributed by atoms with van der Waals surface area (Å²) in [6, 6.07) is 15.9. The molecule has 2 heterocycles. The first kappa shape index (κ1) is 24.0. The van der Waals surface area contributed by atoms with E-state index in [2.05, 4.69) is 0 Å². The highest BCUT2D eigenvalue weighted by Gasteiger charge is 2.55. The van der Waals surface area contributed by atoms with Gasteiger partial charge in [0, 0.05) is 28.8 Å². The molecule has 3 aromatic rings. The van der Waals surface area contributed by atoms with Gasteiger partial charge >= 0.3 is 0 Å². The van der Waals surface area contributed by atoms with Gasteiger partial charge in [-0.25, -0.2) is 4.39 Å². The molecule has 1 fully saturated rings. The lowest BCUT2D eigenvalue weighted by Gasteiger charge is -2.47. The minimum absolute atomic E-state index is 0.275. The van der Waals surface area contributed by atoms with Crippen LogP contribution in [0.1, 0.15) is 21.6 Å². The molecule has 8 heteroatoms. The average molecular weight is 475 g/mol. The second-order valence-corrected chi connectivity index (χ2v) is 9.40. The third kappa shape index (κ3) is 4.48. The predicted molar refractivity (Wildman–Crippen MR) is 122 cm³/mol. The van der Waals surface area contributed by atoms with Crippen LogP contribution in [0.2, 0.25) is 0 Å². The number of aliphatic hydroxyl groups is 4. The van der Waals surface area contributed by atoms with Gasteiger partial charge in [-0.15, -0.1) is 11.3 Å². The largest absolute Gasteiger partial charge is 0.394 e. The van der Waals surface area contributed by atoms with Crippen molar-refractivity contribution < 1.29 is 34.3 Å². The monoisotopic (exact) mass is 474 g/mol. The Morgan fingerprint density at radius 2 is 1.76 bits per heavy atom. The smallest absolute Gasteiger partial charge is 0.224 e. The van der Waals surface area contributed by atoms with Gasteiger partial charge in [0.25, 0.3) is 0 Å². The molecule has 0 amide bonds. The highest BCUT2D eigenvalue weighted by Crippen LogP contribution is 2.40. The minimum Gasteiger partial charge on any atom is -0.394 e. The molecule has 1 saturated heterocycles. The normalized spacial score (nSPS) is 27.6. The Morgan fingerprint density at radius 3 is 2.42 bits per heavy atom. The summed E-state index contributed by atoms with van der Waals surface area (Å²) in [5, 5.41) is 40.8. The molecule has 33 heavy (non-hydrogen) atoms. The van der Waals surface area contributed by atoms with E-state index in [0.717, 1.165) is 26.4 Å². The fourth-order valence-electron chi connectivity index (χ4n) is 4.18. The number of rotatable bonds is 6. The van der Waals surface area contributed by atoms with Crippen LogP contribution in [-0.2, 0) is 21.7 Å². The van der Waals surface area contributed by atoms with E-state index in [0.29, 0.717) is 12.0 Å². The summed E-state index contributed by atoms with van der Waals surface area (Å²) < 4.78 is 24.6. The van der Waals surface area contributed by atoms with E-state index < -0.39 is 36.8 Å². The molecule has 1 aromatic heterocycles. The number of aryl methyl sites for hydroxylation is 1. The summed E-state index contributed by atoms with van der Waals surface area (Å²) in [4.78, 5) is 2.12. The summed E-state index contributed by atoms with van der Waals surface area (Å²) in [6.45, 7) is 1.43. The van der Waals surface area contributed by atoms with E-state index >= 15 is 0 Å². The Hall–Kier alpha value is -2.17. The third-order valence-electron chi connectivity index (χ3n) is 6.16. The number of hydrogen-bond donors (Lipinski definition) is 4. The number of methoxy groups -OCH3 is 1. The van der Waals surface area contributed by atoms with Gasteiger partial charge in [-0.1, -0.05) is 24.3 Å².